The normalized spacial score (nSPS) is 12.0. The molecule has 2 aromatic heterocycles. The SMILES string of the molecule is CCc1cc(-c2nc(-c3cc(C)c(OC[C@@H](O)CNC(=O)CO)c(CC)c3)no2)cnc1NCC(C)C. The number of amides is 1. The second-order valence-electron chi connectivity index (χ2n) is 9.35. The molecule has 0 aliphatic heterocycles. The highest BCUT2D eigenvalue weighted by Crippen LogP contribution is 2.31. The Bertz CT molecular complexity index is 1190. The van der Waals surface area contributed by atoms with Gasteiger partial charge in [0.25, 0.3) is 5.89 Å². The molecule has 0 saturated heterocycles. The average molecular weight is 512 g/mol. The molecular formula is C27H37N5O5. The summed E-state index contributed by atoms with van der Waals surface area (Å²) in [6.07, 6.45) is 2.35. The van der Waals surface area contributed by atoms with Crippen LogP contribution < -0.4 is 15.4 Å². The standard InChI is InChI=1S/C27H37N5O5/c1-6-18-9-20(8-17(5)24(18)36-15-22(34)13-28-23(35)14-33)26-31-27(37-32-26)21-10-19(7-2)25(30-12-21)29-11-16(3)4/h8-10,12,16,22,33-34H,6-7,11,13-15H2,1-5H3,(H,28,35)(H,29,30)/t22-/m0/s1. The first-order valence-electron chi connectivity index (χ1n) is 12.6. The van der Waals surface area contributed by atoms with Gasteiger partial charge in [-0.3, -0.25) is 4.79 Å². The van der Waals surface area contributed by atoms with Crippen molar-refractivity contribution in [3.05, 3.63) is 41.1 Å². The molecule has 37 heavy (non-hydrogen) atoms. The number of aryl methyl sites for hydroxylation is 3. The summed E-state index contributed by atoms with van der Waals surface area (Å²) in [7, 11) is 0. The maximum Gasteiger partial charge on any atom is 0.259 e. The van der Waals surface area contributed by atoms with Crippen molar-refractivity contribution < 1.29 is 24.3 Å². The van der Waals surface area contributed by atoms with Crippen molar-refractivity contribution in [2.24, 2.45) is 5.92 Å². The van der Waals surface area contributed by atoms with Gasteiger partial charge in [0.2, 0.25) is 11.7 Å². The van der Waals surface area contributed by atoms with Crippen LogP contribution in [0.25, 0.3) is 22.8 Å². The van der Waals surface area contributed by atoms with E-state index in [2.05, 4.69) is 46.5 Å². The third-order valence-electron chi connectivity index (χ3n) is 5.79. The molecule has 0 aliphatic carbocycles. The van der Waals surface area contributed by atoms with Gasteiger partial charge in [0.1, 0.15) is 30.9 Å². The van der Waals surface area contributed by atoms with E-state index in [1.807, 2.05) is 32.0 Å². The van der Waals surface area contributed by atoms with Gasteiger partial charge in [-0.15, -0.1) is 0 Å². The Morgan fingerprint density at radius 2 is 1.84 bits per heavy atom. The molecule has 0 aliphatic rings. The molecule has 0 radical (unpaired) electrons. The lowest BCUT2D eigenvalue weighted by atomic mass is 10.0. The molecule has 10 nitrogen and oxygen atoms in total. The van der Waals surface area contributed by atoms with Crippen LogP contribution in [0.1, 0.15) is 44.4 Å². The minimum atomic E-state index is -0.910. The lowest BCUT2D eigenvalue weighted by Crippen LogP contribution is -2.36. The zero-order chi connectivity index (χ0) is 26.9. The average Bonchev–Trinajstić information content (AvgIpc) is 3.39. The minimum absolute atomic E-state index is 0.0000362. The summed E-state index contributed by atoms with van der Waals surface area (Å²) in [5, 5.41) is 28.9. The third kappa shape index (κ3) is 7.50. The van der Waals surface area contributed by atoms with Gasteiger partial charge in [-0.25, -0.2) is 4.98 Å². The molecule has 1 amide bonds. The molecule has 0 bridgehead atoms. The number of carbonyl (C=O) groups excluding carboxylic acids is 1. The van der Waals surface area contributed by atoms with Gasteiger partial charge in [0.05, 0.1) is 5.56 Å². The Morgan fingerprint density at radius 3 is 2.51 bits per heavy atom. The summed E-state index contributed by atoms with van der Waals surface area (Å²) in [6.45, 7) is 10.5. The highest BCUT2D eigenvalue weighted by atomic mass is 16.5. The number of nitrogens with one attached hydrogen (secondary N) is 2. The number of hydrogen-bond donors (Lipinski definition) is 4. The van der Waals surface area contributed by atoms with Crippen LogP contribution in [0.2, 0.25) is 0 Å². The van der Waals surface area contributed by atoms with Gasteiger partial charge in [-0.1, -0.05) is 32.9 Å². The van der Waals surface area contributed by atoms with E-state index in [0.29, 0.717) is 29.8 Å². The van der Waals surface area contributed by atoms with Crippen LogP contribution in [0.3, 0.4) is 0 Å². The highest BCUT2D eigenvalue weighted by Gasteiger charge is 2.17. The van der Waals surface area contributed by atoms with E-state index in [-0.39, 0.29) is 13.2 Å². The molecular weight excluding hydrogens is 474 g/mol. The van der Waals surface area contributed by atoms with Gasteiger partial charge < -0.3 is 30.1 Å². The number of hydrogen-bond acceptors (Lipinski definition) is 9. The highest BCUT2D eigenvalue weighted by molar-refractivity contribution is 5.76. The largest absolute Gasteiger partial charge is 0.490 e. The number of aromatic nitrogens is 3. The number of carbonyl (C=O) groups is 1. The molecule has 1 atom stereocenters. The van der Waals surface area contributed by atoms with Crippen molar-refractivity contribution in [1.82, 2.24) is 20.4 Å². The predicted octanol–water partition coefficient (Wildman–Crippen LogP) is 3.15. The van der Waals surface area contributed by atoms with Crippen molar-refractivity contribution in [1.29, 1.82) is 0 Å². The number of aliphatic hydroxyl groups is 2. The van der Waals surface area contributed by atoms with Crippen LogP contribution in [0.5, 0.6) is 5.75 Å². The third-order valence-corrected chi connectivity index (χ3v) is 5.79. The summed E-state index contributed by atoms with van der Waals surface area (Å²) in [5.41, 5.74) is 4.44. The van der Waals surface area contributed by atoms with E-state index in [1.54, 1.807) is 6.20 Å². The van der Waals surface area contributed by atoms with Crippen LogP contribution in [0.4, 0.5) is 5.82 Å². The van der Waals surface area contributed by atoms with E-state index >= 15 is 0 Å². The number of ether oxygens (including phenoxy) is 1. The Kier molecular flexibility index (Phi) is 9.99. The lowest BCUT2D eigenvalue weighted by molar-refractivity contribution is -0.124. The van der Waals surface area contributed by atoms with Crippen molar-refractivity contribution in [2.75, 3.05) is 31.6 Å². The molecule has 3 rings (SSSR count). The minimum Gasteiger partial charge on any atom is -0.490 e. The molecule has 2 heterocycles. The Hall–Kier alpha value is -3.50. The summed E-state index contributed by atoms with van der Waals surface area (Å²) in [6, 6.07) is 5.89. The van der Waals surface area contributed by atoms with E-state index in [4.69, 9.17) is 14.4 Å². The molecule has 0 unspecified atom stereocenters. The van der Waals surface area contributed by atoms with Gasteiger partial charge in [0, 0.05) is 24.8 Å². The summed E-state index contributed by atoms with van der Waals surface area (Å²) < 4.78 is 11.5. The number of rotatable bonds is 13. The zero-order valence-electron chi connectivity index (χ0n) is 22.2. The summed E-state index contributed by atoms with van der Waals surface area (Å²) >= 11 is 0. The second-order valence-corrected chi connectivity index (χ2v) is 9.35. The number of pyridine rings is 1. The molecule has 200 valence electrons. The van der Waals surface area contributed by atoms with Crippen LogP contribution in [-0.2, 0) is 17.6 Å². The monoisotopic (exact) mass is 511 g/mol. The predicted molar refractivity (Wildman–Crippen MR) is 141 cm³/mol. The fourth-order valence-electron chi connectivity index (χ4n) is 3.79. The number of anilines is 1. The molecule has 10 heteroatoms. The quantitative estimate of drug-likeness (QED) is 0.272. The van der Waals surface area contributed by atoms with Crippen molar-refractivity contribution in [3.8, 4) is 28.6 Å². The molecule has 3 aromatic rings. The van der Waals surface area contributed by atoms with Crippen LogP contribution in [0, 0.1) is 12.8 Å². The Morgan fingerprint density at radius 1 is 1.11 bits per heavy atom. The molecule has 0 spiro atoms. The van der Waals surface area contributed by atoms with Crippen LogP contribution in [-0.4, -0.2) is 63.7 Å². The smallest absolute Gasteiger partial charge is 0.259 e. The number of aliphatic hydroxyl groups excluding tert-OH is 2. The van der Waals surface area contributed by atoms with Gasteiger partial charge in [-0.05, 0) is 60.6 Å². The Balaban J connectivity index is 1.77. The van der Waals surface area contributed by atoms with Crippen LogP contribution in [0.15, 0.2) is 28.9 Å². The molecule has 4 N–H and O–H groups in total. The topological polar surface area (TPSA) is 143 Å². The fourth-order valence-corrected chi connectivity index (χ4v) is 3.79. The Labute approximate surface area is 217 Å². The first-order valence-corrected chi connectivity index (χ1v) is 12.6. The van der Waals surface area contributed by atoms with Crippen molar-refractivity contribution >= 4 is 11.7 Å². The van der Waals surface area contributed by atoms with E-state index < -0.39 is 18.6 Å². The van der Waals surface area contributed by atoms with Gasteiger partial charge in [0.15, 0.2) is 0 Å². The summed E-state index contributed by atoms with van der Waals surface area (Å²) in [4.78, 5) is 20.4. The maximum atomic E-state index is 11.2. The van der Waals surface area contributed by atoms with Crippen LogP contribution >= 0.6 is 0 Å². The second kappa shape index (κ2) is 13.2. The van der Waals surface area contributed by atoms with E-state index in [9.17, 15) is 9.90 Å². The van der Waals surface area contributed by atoms with Crippen molar-refractivity contribution in [3.63, 3.8) is 0 Å². The first-order chi connectivity index (χ1) is 17.7. The number of benzene rings is 1. The zero-order valence-corrected chi connectivity index (χ0v) is 22.2. The van der Waals surface area contributed by atoms with E-state index in [0.717, 1.165) is 46.6 Å². The van der Waals surface area contributed by atoms with Gasteiger partial charge in [-0.2, -0.15) is 4.98 Å². The lowest BCUT2D eigenvalue weighted by Gasteiger charge is -2.17. The van der Waals surface area contributed by atoms with Crippen molar-refractivity contribution in [2.45, 2.75) is 53.6 Å². The molecule has 0 saturated carbocycles. The molecule has 0 fully saturated rings. The first kappa shape index (κ1) is 28.1. The summed E-state index contributed by atoms with van der Waals surface area (Å²) in [5.74, 6) is 2.38. The van der Waals surface area contributed by atoms with Gasteiger partial charge >= 0.3 is 0 Å². The van der Waals surface area contributed by atoms with E-state index in [1.165, 1.54) is 0 Å². The maximum absolute atomic E-state index is 11.2. The fraction of sp³-hybridized carbons (Fsp3) is 0.481. The number of nitrogens with zero attached hydrogens (tertiary/aromatic N) is 3. The molecule has 1 aromatic carbocycles.